The molecule has 0 rings (SSSR count). The molecule has 0 fully saturated rings. The van der Waals surface area contributed by atoms with Gasteiger partial charge in [-0.15, -0.1) is 0 Å². The van der Waals surface area contributed by atoms with E-state index in [0.29, 0.717) is 6.54 Å². The van der Waals surface area contributed by atoms with Crippen LogP contribution in [0.15, 0.2) is 0 Å². The summed E-state index contributed by atoms with van der Waals surface area (Å²) in [4.78, 5) is 0. The summed E-state index contributed by atoms with van der Waals surface area (Å²) in [6.07, 6.45) is 0.972. The molecule has 0 aromatic carbocycles. The van der Waals surface area contributed by atoms with Crippen molar-refractivity contribution in [3.05, 3.63) is 0 Å². The van der Waals surface area contributed by atoms with Crippen molar-refractivity contribution >= 4 is 15.9 Å². The minimum absolute atomic E-state index is 0.547. The van der Waals surface area contributed by atoms with Crippen LogP contribution in [-0.4, -0.2) is 11.9 Å². The molecular weight excluding hydrogens is 130 g/mol. The lowest BCUT2D eigenvalue weighted by Crippen LogP contribution is -1.82. The highest BCUT2D eigenvalue weighted by atomic mass is 79.9. The number of alkyl halides is 1. The zero-order valence-electron chi connectivity index (χ0n) is 3.00. The van der Waals surface area contributed by atoms with Gasteiger partial charge in [0.05, 0.1) is 0 Å². The fourth-order valence-electron chi connectivity index (χ4n) is 0.0668. The van der Waals surface area contributed by atoms with Gasteiger partial charge in [0.1, 0.15) is 0 Å². The Hall–Kier alpha value is 0.440. The number of hydrogen-bond acceptors (Lipinski definition) is 0. The lowest BCUT2D eigenvalue weighted by atomic mass is 10.5. The Labute approximate surface area is 40.7 Å². The average molecular weight is 137 g/mol. The van der Waals surface area contributed by atoms with Crippen LogP contribution in [0.1, 0.15) is 6.42 Å². The van der Waals surface area contributed by atoms with Gasteiger partial charge in [-0.25, -0.2) is 0 Å². The van der Waals surface area contributed by atoms with Crippen molar-refractivity contribution in [1.29, 1.82) is 0 Å². The summed E-state index contributed by atoms with van der Waals surface area (Å²) >= 11 is 3.19. The van der Waals surface area contributed by atoms with Gasteiger partial charge >= 0.3 is 0 Å². The van der Waals surface area contributed by atoms with Gasteiger partial charge in [-0.05, 0) is 6.42 Å². The van der Waals surface area contributed by atoms with E-state index in [1.54, 1.807) is 0 Å². The van der Waals surface area contributed by atoms with Gasteiger partial charge in [-0.3, -0.25) is 5.73 Å². The summed E-state index contributed by atoms with van der Waals surface area (Å²) in [7, 11) is 0. The van der Waals surface area contributed by atoms with E-state index >= 15 is 0 Å². The summed E-state index contributed by atoms with van der Waals surface area (Å²) in [5.41, 5.74) is 6.57. The summed E-state index contributed by atoms with van der Waals surface area (Å²) in [6.45, 7) is 0.547. The van der Waals surface area contributed by atoms with Crippen LogP contribution in [0.5, 0.6) is 0 Å². The van der Waals surface area contributed by atoms with E-state index in [1.165, 1.54) is 0 Å². The van der Waals surface area contributed by atoms with Crippen LogP contribution in [-0.2, 0) is 0 Å². The Balaban J connectivity index is 2.19. The fourth-order valence-corrected chi connectivity index (χ4v) is 0.347. The maximum absolute atomic E-state index is 6.57. The number of nitrogens with one attached hydrogen (secondary N) is 1. The smallest absolute Gasteiger partial charge is 0.0108 e. The normalized spacial score (nSPS) is 8.40. The minimum atomic E-state index is 0.547. The molecule has 0 saturated carbocycles. The quantitative estimate of drug-likeness (QED) is 0.508. The lowest BCUT2D eigenvalue weighted by Gasteiger charge is -1.77. The van der Waals surface area contributed by atoms with Gasteiger partial charge in [0, 0.05) is 11.9 Å². The van der Waals surface area contributed by atoms with E-state index in [2.05, 4.69) is 15.9 Å². The summed E-state index contributed by atoms with van der Waals surface area (Å²) in [5.74, 6) is 0. The topological polar surface area (TPSA) is 23.8 Å². The van der Waals surface area contributed by atoms with Crippen LogP contribution in [0.25, 0.3) is 0 Å². The third-order valence-corrected chi connectivity index (χ3v) is 0.871. The lowest BCUT2D eigenvalue weighted by molar-refractivity contribution is 0.923. The molecule has 1 N–H and O–H groups in total. The third kappa shape index (κ3) is 4.44. The van der Waals surface area contributed by atoms with Crippen molar-refractivity contribution in [2.75, 3.05) is 11.9 Å². The zero-order chi connectivity index (χ0) is 4.12. The molecular formula is C3H7BrN. The molecule has 0 bridgehead atoms. The first-order valence-electron chi connectivity index (χ1n) is 1.62. The van der Waals surface area contributed by atoms with Gasteiger partial charge in [-0.1, -0.05) is 15.9 Å². The van der Waals surface area contributed by atoms with Crippen molar-refractivity contribution in [2.24, 2.45) is 0 Å². The molecule has 0 aromatic rings. The second-order valence-electron chi connectivity index (χ2n) is 0.793. The van der Waals surface area contributed by atoms with Gasteiger partial charge in [0.25, 0.3) is 0 Å². The molecule has 0 aliphatic carbocycles. The Morgan fingerprint density at radius 1 is 1.60 bits per heavy atom. The maximum atomic E-state index is 6.57. The van der Waals surface area contributed by atoms with E-state index in [-0.39, 0.29) is 0 Å². The molecule has 0 amide bonds. The maximum Gasteiger partial charge on any atom is 0.0108 e. The van der Waals surface area contributed by atoms with Crippen LogP contribution < -0.4 is 5.73 Å². The van der Waals surface area contributed by atoms with E-state index in [4.69, 9.17) is 5.73 Å². The van der Waals surface area contributed by atoms with Crippen LogP contribution in [0.4, 0.5) is 0 Å². The molecule has 0 aliphatic rings. The predicted molar refractivity (Wildman–Crippen MR) is 26.4 cm³/mol. The molecule has 0 unspecified atom stereocenters. The molecule has 31 valence electrons. The highest BCUT2D eigenvalue weighted by Crippen LogP contribution is 1.81. The molecule has 0 saturated heterocycles. The molecule has 0 atom stereocenters. The van der Waals surface area contributed by atoms with Gasteiger partial charge in [0.15, 0.2) is 0 Å². The molecule has 2 heteroatoms. The van der Waals surface area contributed by atoms with E-state index in [0.717, 1.165) is 11.8 Å². The molecule has 5 heavy (non-hydrogen) atoms. The Morgan fingerprint density at radius 3 is 2.20 bits per heavy atom. The first-order chi connectivity index (χ1) is 2.41. The fraction of sp³-hybridized carbons (Fsp3) is 1.00. The first-order valence-corrected chi connectivity index (χ1v) is 2.74. The monoisotopic (exact) mass is 136 g/mol. The molecule has 1 nitrogen and oxygen atoms in total. The van der Waals surface area contributed by atoms with Crippen molar-refractivity contribution in [2.45, 2.75) is 6.42 Å². The number of rotatable bonds is 2. The van der Waals surface area contributed by atoms with Gasteiger partial charge in [-0.2, -0.15) is 0 Å². The van der Waals surface area contributed by atoms with Crippen molar-refractivity contribution in [3.63, 3.8) is 0 Å². The molecule has 0 heterocycles. The second kappa shape index (κ2) is 4.44. The van der Waals surface area contributed by atoms with Crippen molar-refractivity contribution in [3.8, 4) is 0 Å². The molecule has 0 aliphatic heterocycles. The zero-order valence-corrected chi connectivity index (χ0v) is 4.59. The summed E-state index contributed by atoms with van der Waals surface area (Å²) in [5, 5.41) is 0.969. The van der Waals surface area contributed by atoms with Crippen LogP contribution in [0.2, 0.25) is 0 Å². The third-order valence-electron chi connectivity index (χ3n) is 0.310. The van der Waals surface area contributed by atoms with E-state index < -0.39 is 0 Å². The Kier molecular flexibility index (Phi) is 4.83. The van der Waals surface area contributed by atoms with Gasteiger partial charge < -0.3 is 0 Å². The number of halogens is 1. The van der Waals surface area contributed by atoms with Crippen LogP contribution in [0.3, 0.4) is 0 Å². The average Bonchev–Trinajstić information content (AvgIpc) is 1.41. The Bertz CT molecular complexity index is 14.4. The first kappa shape index (κ1) is 5.44. The second-order valence-corrected chi connectivity index (χ2v) is 1.59. The highest BCUT2D eigenvalue weighted by Gasteiger charge is 1.70. The number of hydrogen-bond donors (Lipinski definition) is 0. The van der Waals surface area contributed by atoms with E-state index in [9.17, 15) is 0 Å². The van der Waals surface area contributed by atoms with Crippen molar-refractivity contribution < 1.29 is 0 Å². The van der Waals surface area contributed by atoms with Gasteiger partial charge in [0.2, 0.25) is 0 Å². The predicted octanol–water partition coefficient (Wildman–Crippen LogP) is 1.05. The van der Waals surface area contributed by atoms with Crippen LogP contribution in [0, 0.1) is 0 Å². The SMILES string of the molecule is [NH]CCCBr. The molecule has 0 spiro atoms. The van der Waals surface area contributed by atoms with Crippen molar-refractivity contribution in [1.82, 2.24) is 5.73 Å². The molecule has 1 radical (unpaired) electrons. The largest absolute Gasteiger partial charge is 0.258 e. The van der Waals surface area contributed by atoms with Crippen LogP contribution >= 0.6 is 15.9 Å². The minimum Gasteiger partial charge on any atom is -0.258 e. The van der Waals surface area contributed by atoms with E-state index in [1.807, 2.05) is 0 Å². The summed E-state index contributed by atoms with van der Waals surface area (Å²) in [6, 6.07) is 0. The standard InChI is InChI=1S/C3H7BrN/c4-2-1-3-5/h5H,1-3H2. The summed E-state index contributed by atoms with van der Waals surface area (Å²) < 4.78 is 0. The highest BCUT2D eigenvalue weighted by molar-refractivity contribution is 9.09. The molecule has 0 aromatic heterocycles. The Morgan fingerprint density at radius 2 is 2.20 bits per heavy atom.